The Balaban J connectivity index is 2.20. The van der Waals surface area contributed by atoms with Gasteiger partial charge in [0.2, 0.25) is 10.0 Å². The third kappa shape index (κ3) is 3.31. The van der Waals surface area contributed by atoms with E-state index in [1.54, 1.807) is 7.05 Å². The van der Waals surface area contributed by atoms with E-state index in [2.05, 4.69) is 17.1 Å². The minimum atomic E-state index is -3.65. The molecule has 0 saturated carbocycles. The molecule has 2 rings (SSSR count). The molecule has 0 aliphatic heterocycles. The first-order valence-corrected chi connectivity index (χ1v) is 8.25. The maximum Gasteiger partial charge on any atom is 0.246 e. The molecule has 0 aromatic carbocycles. The lowest BCUT2D eigenvalue weighted by atomic mass is 9.95. The van der Waals surface area contributed by atoms with E-state index >= 15 is 0 Å². The van der Waals surface area contributed by atoms with E-state index in [-0.39, 0.29) is 15.7 Å². The van der Waals surface area contributed by atoms with Crippen LogP contribution in [-0.4, -0.2) is 31.3 Å². The molecule has 0 fully saturated rings. The van der Waals surface area contributed by atoms with Gasteiger partial charge in [-0.25, -0.2) is 17.7 Å². The van der Waals surface area contributed by atoms with Crippen molar-refractivity contribution in [3.05, 3.63) is 29.4 Å². The molecule has 2 N–H and O–H groups in total. The maximum atomic E-state index is 12.5. The summed E-state index contributed by atoms with van der Waals surface area (Å²) in [5.41, 5.74) is 5.66. The van der Waals surface area contributed by atoms with Crippen LogP contribution in [0.25, 0.3) is 0 Å². The second-order valence-electron chi connectivity index (χ2n) is 4.97. The number of nitrogens with two attached hydrogens (primary N) is 1. The van der Waals surface area contributed by atoms with Crippen molar-refractivity contribution in [2.24, 2.45) is 5.92 Å². The standard InChI is InChI=1S/C13H18ClN3O2S/c1-17(9-10-5-3-2-4-6-10)20(18,19)12-7-11(14)8-16-13(12)15/h2-3,7-8,10H,4-6,9H2,1H3,(H2,15,16). The van der Waals surface area contributed by atoms with Crippen molar-refractivity contribution in [3.8, 4) is 0 Å². The first-order valence-electron chi connectivity index (χ1n) is 6.43. The van der Waals surface area contributed by atoms with Crippen molar-refractivity contribution in [3.63, 3.8) is 0 Å². The second kappa shape index (κ2) is 6.11. The molecule has 1 aromatic heterocycles. The van der Waals surface area contributed by atoms with E-state index in [1.807, 2.05) is 0 Å². The highest BCUT2D eigenvalue weighted by molar-refractivity contribution is 7.89. The molecule has 7 heteroatoms. The number of pyridine rings is 1. The van der Waals surface area contributed by atoms with Crippen LogP contribution >= 0.6 is 11.6 Å². The lowest BCUT2D eigenvalue weighted by Gasteiger charge is -2.24. The minimum Gasteiger partial charge on any atom is -0.383 e. The molecule has 1 atom stereocenters. The third-order valence-electron chi connectivity index (χ3n) is 3.43. The Kier molecular flexibility index (Phi) is 4.67. The molecule has 110 valence electrons. The van der Waals surface area contributed by atoms with E-state index in [9.17, 15) is 8.42 Å². The van der Waals surface area contributed by atoms with Gasteiger partial charge in [-0.2, -0.15) is 0 Å². The van der Waals surface area contributed by atoms with Gasteiger partial charge in [-0.3, -0.25) is 0 Å². The van der Waals surface area contributed by atoms with Crippen LogP contribution in [0.2, 0.25) is 5.02 Å². The van der Waals surface area contributed by atoms with Crippen molar-refractivity contribution in [1.82, 2.24) is 9.29 Å². The molecule has 0 spiro atoms. The van der Waals surface area contributed by atoms with Gasteiger partial charge in [0.1, 0.15) is 10.7 Å². The molecule has 0 bridgehead atoms. The number of rotatable bonds is 4. The van der Waals surface area contributed by atoms with Crippen LogP contribution in [0.1, 0.15) is 19.3 Å². The normalized spacial score (nSPS) is 19.4. The Labute approximate surface area is 124 Å². The highest BCUT2D eigenvalue weighted by Crippen LogP contribution is 2.26. The second-order valence-corrected chi connectivity index (χ2v) is 7.42. The zero-order valence-electron chi connectivity index (χ0n) is 11.3. The van der Waals surface area contributed by atoms with Crippen molar-refractivity contribution < 1.29 is 8.42 Å². The summed E-state index contributed by atoms with van der Waals surface area (Å²) in [5, 5.41) is 0.256. The number of sulfonamides is 1. The summed E-state index contributed by atoms with van der Waals surface area (Å²) in [6, 6.07) is 1.34. The van der Waals surface area contributed by atoms with E-state index in [1.165, 1.54) is 16.6 Å². The van der Waals surface area contributed by atoms with Gasteiger partial charge in [0.25, 0.3) is 0 Å². The highest BCUT2D eigenvalue weighted by Gasteiger charge is 2.26. The maximum absolute atomic E-state index is 12.5. The summed E-state index contributed by atoms with van der Waals surface area (Å²) in [7, 11) is -2.09. The monoisotopic (exact) mass is 315 g/mol. The molecule has 1 aliphatic carbocycles. The van der Waals surface area contributed by atoms with Gasteiger partial charge in [0, 0.05) is 19.8 Å². The molecular formula is C13H18ClN3O2S. The first-order chi connectivity index (χ1) is 9.41. The molecule has 0 radical (unpaired) electrons. The fraction of sp³-hybridized carbons (Fsp3) is 0.462. The lowest BCUT2D eigenvalue weighted by molar-refractivity contribution is 0.362. The summed E-state index contributed by atoms with van der Waals surface area (Å²) < 4.78 is 26.4. The van der Waals surface area contributed by atoms with E-state index < -0.39 is 10.0 Å². The summed E-state index contributed by atoms with van der Waals surface area (Å²) in [6.07, 6.45) is 8.47. The van der Waals surface area contributed by atoms with Crippen LogP contribution in [0.3, 0.4) is 0 Å². The van der Waals surface area contributed by atoms with Gasteiger partial charge in [-0.15, -0.1) is 0 Å². The number of anilines is 1. The molecule has 0 amide bonds. The summed E-state index contributed by atoms with van der Waals surface area (Å²) >= 11 is 5.81. The SMILES string of the molecule is CN(CC1CC=CCC1)S(=O)(=O)c1cc(Cl)cnc1N. The molecule has 1 heterocycles. The van der Waals surface area contributed by atoms with Gasteiger partial charge in [0.15, 0.2) is 0 Å². The van der Waals surface area contributed by atoms with Crippen LogP contribution in [0.5, 0.6) is 0 Å². The Morgan fingerprint density at radius 1 is 1.50 bits per heavy atom. The number of hydrogen-bond donors (Lipinski definition) is 1. The van der Waals surface area contributed by atoms with Gasteiger partial charge >= 0.3 is 0 Å². The Bertz CT molecular complexity index is 616. The number of aromatic nitrogens is 1. The summed E-state index contributed by atoms with van der Waals surface area (Å²) in [5.74, 6) is 0.318. The topological polar surface area (TPSA) is 76.3 Å². The van der Waals surface area contributed by atoms with Crippen LogP contribution in [0.15, 0.2) is 29.3 Å². The zero-order chi connectivity index (χ0) is 14.8. The molecule has 1 unspecified atom stereocenters. The van der Waals surface area contributed by atoms with Gasteiger partial charge in [0.05, 0.1) is 5.02 Å². The fourth-order valence-corrected chi connectivity index (χ4v) is 3.85. The Morgan fingerprint density at radius 3 is 2.90 bits per heavy atom. The van der Waals surface area contributed by atoms with E-state index in [4.69, 9.17) is 17.3 Å². The van der Waals surface area contributed by atoms with Crippen LogP contribution in [0, 0.1) is 5.92 Å². The highest BCUT2D eigenvalue weighted by atomic mass is 35.5. The quantitative estimate of drug-likeness (QED) is 0.865. The largest absolute Gasteiger partial charge is 0.383 e. The van der Waals surface area contributed by atoms with Crippen molar-refractivity contribution in [2.75, 3.05) is 19.3 Å². The number of allylic oxidation sites excluding steroid dienone is 2. The van der Waals surface area contributed by atoms with Crippen molar-refractivity contribution in [2.45, 2.75) is 24.2 Å². The predicted octanol–water partition coefficient (Wildman–Crippen LogP) is 2.29. The molecule has 0 saturated heterocycles. The Hall–Kier alpha value is -1.11. The fourth-order valence-electron chi connectivity index (χ4n) is 2.29. The third-order valence-corrected chi connectivity index (χ3v) is 5.49. The van der Waals surface area contributed by atoms with E-state index in [0.717, 1.165) is 19.3 Å². The molecule has 1 aliphatic rings. The van der Waals surface area contributed by atoms with Gasteiger partial charge in [-0.1, -0.05) is 23.8 Å². The molecule has 5 nitrogen and oxygen atoms in total. The van der Waals surface area contributed by atoms with Crippen LogP contribution in [-0.2, 0) is 10.0 Å². The van der Waals surface area contributed by atoms with E-state index in [0.29, 0.717) is 12.5 Å². The number of hydrogen-bond acceptors (Lipinski definition) is 4. The Morgan fingerprint density at radius 2 is 2.25 bits per heavy atom. The van der Waals surface area contributed by atoms with Crippen LogP contribution in [0.4, 0.5) is 5.82 Å². The average Bonchev–Trinajstić information content (AvgIpc) is 2.42. The van der Waals surface area contributed by atoms with Crippen molar-refractivity contribution in [1.29, 1.82) is 0 Å². The van der Waals surface area contributed by atoms with Gasteiger partial charge < -0.3 is 5.73 Å². The number of nitrogens with zero attached hydrogens (tertiary/aromatic N) is 2. The molecule has 20 heavy (non-hydrogen) atoms. The summed E-state index contributed by atoms with van der Waals surface area (Å²) in [6.45, 7) is 0.471. The zero-order valence-corrected chi connectivity index (χ0v) is 12.9. The average molecular weight is 316 g/mol. The summed E-state index contributed by atoms with van der Waals surface area (Å²) in [4.78, 5) is 3.77. The minimum absolute atomic E-state index is 0.0233. The number of halogens is 1. The van der Waals surface area contributed by atoms with Crippen molar-refractivity contribution >= 4 is 27.4 Å². The first kappa shape index (κ1) is 15.3. The predicted molar refractivity (Wildman–Crippen MR) is 80.0 cm³/mol. The molecular weight excluding hydrogens is 298 g/mol. The number of nitrogen functional groups attached to an aromatic ring is 1. The molecule has 1 aromatic rings. The smallest absolute Gasteiger partial charge is 0.246 e. The lowest BCUT2D eigenvalue weighted by Crippen LogP contribution is -2.32. The van der Waals surface area contributed by atoms with Crippen LogP contribution < -0.4 is 5.73 Å². The van der Waals surface area contributed by atoms with Gasteiger partial charge in [-0.05, 0) is 31.2 Å².